The van der Waals surface area contributed by atoms with Gasteiger partial charge in [-0.05, 0) is 7.05 Å². The summed E-state index contributed by atoms with van der Waals surface area (Å²) in [6, 6.07) is 0. The van der Waals surface area contributed by atoms with Crippen LogP contribution in [-0.2, 0) is 9.63 Å². The number of carboxylic acids is 1. The topological polar surface area (TPSA) is 62.1 Å². The van der Waals surface area contributed by atoms with Gasteiger partial charge < -0.3 is 14.8 Å². The van der Waals surface area contributed by atoms with Crippen molar-refractivity contribution < 1.29 is 14.7 Å². The lowest BCUT2D eigenvalue weighted by atomic mass is 10.1. The van der Waals surface area contributed by atoms with Gasteiger partial charge in [-0.2, -0.15) is 0 Å². The zero-order valence-corrected chi connectivity index (χ0v) is 7.69. The monoisotopic (exact) mass is 186 g/mol. The Kier molecular flexibility index (Phi) is 3.70. The molecule has 0 spiro atoms. The molecule has 0 aliphatic carbocycles. The highest BCUT2D eigenvalue weighted by atomic mass is 16.6. The minimum Gasteiger partial charge on any atom is -0.479 e. The zero-order chi connectivity index (χ0) is 9.68. The van der Waals surface area contributed by atoms with Gasteiger partial charge in [-0.15, -0.1) is 0 Å². The second-order valence-corrected chi connectivity index (χ2v) is 3.13. The highest BCUT2D eigenvalue weighted by molar-refractivity contribution is 5.85. The smallest absolute Gasteiger partial charge is 0.344 e. The van der Waals surface area contributed by atoms with Crippen molar-refractivity contribution in [3.8, 4) is 0 Å². The molecular formula is C8H14N2O3. The molecule has 5 heteroatoms. The van der Waals surface area contributed by atoms with Gasteiger partial charge in [0.05, 0.1) is 5.71 Å². The average Bonchev–Trinajstić information content (AvgIpc) is 2.08. The van der Waals surface area contributed by atoms with Crippen LogP contribution in [0.4, 0.5) is 0 Å². The van der Waals surface area contributed by atoms with Crippen LogP contribution >= 0.6 is 0 Å². The van der Waals surface area contributed by atoms with Gasteiger partial charge >= 0.3 is 5.97 Å². The van der Waals surface area contributed by atoms with Gasteiger partial charge in [-0.1, -0.05) is 5.16 Å². The standard InChI is InChI=1S/C8H14N2O3/c1-10-4-2-7(3-5-10)9-13-6-8(11)12/h2-6H2,1H3,(H,11,12). The van der Waals surface area contributed by atoms with Crippen molar-refractivity contribution >= 4 is 11.7 Å². The Morgan fingerprint density at radius 2 is 2.23 bits per heavy atom. The third kappa shape index (κ3) is 3.89. The largest absolute Gasteiger partial charge is 0.479 e. The number of rotatable bonds is 3. The van der Waals surface area contributed by atoms with E-state index in [9.17, 15) is 4.79 Å². The predicted octanol–water partition coefficient (Wildman–Crippen LogP) is 0.169. The lowest BCUT2D eigenvalue weighted by Crippen LogP contribution is -2.30. The summed E-state index contributed by atoms with van der Waals surface area (Å²) in [7, 11) is 2.05. The van der Waals surface area contributed by atoms with E-state index in [1.165, 1.54) is 0 Å². The fourth-order valence-corrected chi connectivity index (χ4v) is 1.15. The Balaban J connectivity index is 2.23. The van der Waals surface area contributed by atoms with Gasteiger partial charge in [0.25, 0.3) is 0 Å². The molecule has 1 heterocycles. The summed E-state index contributed by atoms with van der Waals surface area (Å²) in [6.07, 6.45) is 1.74. The number of oxime groups is 1. The molecule has 0 radical (unpaired) electrons. The minimum absolute atomic E-state index is 0.348. The SMILES string of the molecule is CN1CCC(=NOCC(=O)O)CC1. The molecule has 0 aromatic carbocycles. The summed E-state index contributed by atoms with van der Waals surface area (Å²) < 4.78 is 0. The third-order valence-corrected chi connectivity index (χ3v) is 1.95. The summed E-state index contributed by atoms with van der Waals surface area (Å²) in [5.74, 6) is -0.989. The first-order valence-electron chi connectivity index (χ1n) is 4.26. The van der Waals surface area contributed by atoms with Gasteiger partial charge in [-0.25, -0.2) is 4.79 Å². The van der Waals surface area contributed by atoms with Crippen LogP contribution in [0.1, 0.15) is 12.8 Å². The average molecular weight is 186 g/mol. The molecule has 1 N–H and O–H groups in total. The number of hydrogen-bond acceptors (Lipinski definition) is 4. The normalized spacial score (nSPS) is 18.4. The first-order chi connectivity index (χ1) is 6.18. The molecule has 1 fully saturated rings. The van der Waals surface area contributed by atoms with Crippen LogP contribution in [0.25, 0.3) is 0 Å². The van der Waals surface area contributed by atoms with E-state index >= 15 is 0 Å². The molecule has 1 aliphatic rings. The Labute approximate surface area is 77.0 Å². The molecular weight excluding hydrogens is 172 g/mol. The van der Waals surface area contributed by atoms with Gasteiger partial charge in [0.15, 0.2) is 0 Å². The lowest BCUT2D eigenvalue weighted by Gasteiger charge is -2.22. The molecule has 0 bridgehead atoms. The number of likely N-dealkylation sites (tertiary alicyclic amines) is 1. The quantitative estimate of drug-likeness (QED) is 0.638. The first kappa shape index (κ1) is 9.98. The zero-order valence-electron chi connectivity index (χ0n) is 7.69. The maximum atomic E-state index is 10.1. The summed E-state index contributed by atoms with van der Waals surface area (Å²) in [5.41, 5.74) is 0.958. The van der Waals surface area contributed by atoms with Gasteiger partial charge in [0, 0.05) is 25.9 Å². The van der Waals surface area contributed by atoms with Crippen LogP contribution in [0.5, 0.6) is 0 Å². The van der Waals surface area contributed by atoms with Crippen LogP contribution in [-0.4, -0.2) is 48.4 Å². The number of carboxylic acid groups (broad SMARTS) is 1. The van der Waals surface area contributed by atoms with Crippen LogP contribution in [0, 0.1) is 0 Å². The number of hydrogen-bond donors (Lipinski definition) is 1. The molecule has 0 aromatic heterocycles. The highest BCUT2D eigenvalue weighted by Crippen LogP contribution is 2.04. The van der Waals surface area contributed by atoms with E-state index in [1.807, 2.05) is 0 Å². The molecule has 1 saturated heterocycles. The molecule has 0 unspecified atom stereocenters. The molecule has 1 aliphatic heterocycles. The number of aliphatic carboxylic acids is 1. The summed E-state index contributed by atoms with van der Waals surface area (Å²) in [4.78, 5) is 16.9. The molecule has 74 valence electrons. The second-order valence-electron chi connectivity index (χ2n) is 3.13. The summed E-state index contributed by atoms with van der Waals surface area (Å²) in [6.45, 7) is 1.59. The highest BCUT2D eigenvalue weighted by Gasteiger charge is 2.11. The van der Waals surface area contributed by atoms with E-state index < -0.39 is 5.97 Å². The minimum atomic E-state index is -0.989. The maximum Gasteiger partial charge on any atom is 0.344 e. The van der Waals surface area contributed by atoms with E-state index in [2.05, 4.69) is 21.9 Å². The van der Waals surface area contributed by atoms with E-state index in [4.69, 9.17) is 5.11 Å². The Morgan fingerprint density at radius 1 is 1.62 bits per heavy atom. The van der Waals surface area contributed by atoms with Gasteiger partial charge in [0.2, 0.25) is 6.61 Å². The molecule has 13 heavy (non-hydrogen) atoms. The lowest BCUT2D eigenvalue weighted by molar-refractivity contribution is -0.142. The third-order valence-electron chi connectivity index (χ3n) is 1.95. The fourth-order valence-electron chi connectivity index (χ4n) is 1.15. The van der Waals surface area contributed by atoms with Crippen LogP contribution in [0.2, 0.25) is 0 Å². The molecule has 0 saturated carbocycles. The number of nitrogens with zero attached hydrogens (tertiary/aromatic N) is 2. The van der Waals surface area contributed by atoms with Crippen molar-refractivity contribution in [1.29, 1.82) is 0 Å². The van der Waals surface area contributed by atoms with E-state index in [1.54, 1.807) is 0 Å². The molecule has 0 aromatic rings. The van der Waals surface area contributed by atoms with E-state index in [0.29, 0.717) is 0 Å². The van der Waals surface area contributed by atoms with Crippen molar-refractivity contribution in [2.45, 2.75) is 12.8 Å². The number of piperidine rings is 1. The van der Waals surface area contributed by atoms with Crippen molar-refractivity contribution in [2.75, 3.05) is 26.7 Å². The summed E-state index contributed by atoms with van der Waals surface area (Å²) in [5, 5.41) is 12.0. The van der Waals surface area contributed by atoms with Crippen molar-refractivity contribution in [1.82, 2.24) is 4.90 Å². The van der Waals surface area contributed by atoms with E-state index in [0.717, 1.165) is 31.6 Å². The Bertz CT molecular complexity index is 205. The molecule has 0 amide bonds. The van der Waals surface area contributed by atoms with Gasteiger partial charge in [0.1, 0.15) is 0 Å². The van der Waals surface area contributed by atoms with Crippen LogP contribution < -0.4 is 0 Å². The van der Waals surface area contributed by atoms with Gasteiger partial charge in [-0.3, -0.25) is 0 Å². The molecule has 1 rings (SSSR count). The summed E-state index contributed by atoms with van der Waals surface area (Å²) >= 11 is 0. The van der Waals surface area contributed by atoms with Crippen molar-refractivity contribution in [2.24, 2.45) is 5.16 Å². The first-order valence-corrected chi connectivity index (χ1v) is 4.26. The molecule has 0 atom stereocenters. The van der Waals surface area contributed by atoms with Crippen molar-refractivity contribution in [3.63, 3.8) is 0 Å². The maximum absolute atomic E-state index is 10.1. The second kappa shape index (κ2) is 4.81. The Morgan fingerprint density at radius 3 is 2.77 bits per heavy atom. The van der Waals surface area contributed by atoms with Crippen molar-refractivity contribution in [3.05, 3.63) is 0 Å². The Hall–Kier alpha value is -1.10. The number of carbonyl (C=O) groups is 1. The predicted molar refractivity (Wildman–Crippen MR) is 47.8 cm³/mol. The van der Waals surface area contributed by atoms with Crippen LogP contribution in [0.3, 0.4) is 0 Å². The van der Waals surface area contributed by atoms with E-state index in [-0.39, 0.29) is 6.61 Å². The van der Waals surface area contributed by atoms with Crippen LogP contribution in [0.15, 0.2) is 5.16 Å². The molecule has 5 nitrogen and oxygen atoms in total. The fraction of sp³-hybridized carbons (Fsp3) is 0.750.